The number of morpholine rings is 1. The van der Waals surface area contributed by atoms with Crippen molar-refractivity contribution in [3.8, 4) is 0 Å². The third-order valence-electron chi connectivity index (χ3n) is 4.40. The second-order valence-corrected chi connectivity index (χ2v) is 5.89. The largest absolute Gasteiger partial charge is 0.396 e. The summed E-state index contributed by atoms with van der Waals surface area (Å²) in [4.78, 5) is 11.9. The van der Waals surface area contributed by atoms with Gasteiger partial charge in [0.1, 0.15) is 0 Å². The van der Waals surface area contributed by atoms with Crippen LogP contribution in [0.4, 0.5) is 0 Å². The number of nitrogens with one attached hydrogen (secondary N) is 2. The Balaban J connectivity index is 1.72. The van der Waals surface area contributed by atoms with Crippen molar-refractivity contribution in [2.24, 2.45) is 5.41 Å². The maximum absolute atomic E-state index is 11.9. The van der Waals surface area contributed by atoms with E-state index in [0.29, 0.717) is 19.6 Å². The molecule has 1 amide bonds. The molecule has 0 bridgehead atoms. The van der Waals surface area contributed by atoms with Gasteiger partial charge in [-0.2, -0.15) is 0 Å². The molecule has 1 saturated carbocycles. The van der Waals surface area contributed by atoms with Gasteiger partial charge in [0.2, 0.25) is 5.91 Å². The van der Waals surface area contributed by atoms with Crippen molar-refractivity contribution >= 4 is 5.91 Å². The van der Waals surface area contributed by atoms with Crippen LogP contribution in [0.15, 0.2) is 0 Å². The molecule has 0 aromatic heterocycles. The molecular formula is C14H26N2O3. The van der Waals surface area contributed by atoms with Crippen molar-refractivity contribution in [2.45, 2.75) is 44.6 Å². The van der Waals surface area contributed by atoms with E-state index >= 15 is 0 Å². The van der Waals surface area contributed by atoms with Crippen molar-refractivity contribution in [1.29, 1.82) is 0 Å². The number of hydrogen-bond donors (Lipinski definition) is 3. The van der Waals surface area contributed by atoms with Gasteiger partial charge in [0.05, 0.1) is 13.2 Å². The Morgan fingerprint density at radius 2 is 2.21 bits per heavy atom. The van der Waals surface area contributed by atoms with Crippen molar-refractivity contribution in [2.75, 3.05) is 32.9 Å². The number of rotatable bonds is 6. The molecule has 2 aliphatic rings. The highest BCUT2D eigenvalue weighted by molar-refractivity contribution is 5.76. The molecule has 3 N–H and O–H groups in total. The lowest BCUT2D eigenvalue weighted by atomic mass is 9.83. The Morgan fingerprint density at radius 1 is 1.42 bits per heavy atom. The maximum Gasteiger partial charge on any atom is 0.221 e. The van der Waals surface area contributed by atoms with Crippen LogP contribution in [0.25, 0.3) is 0 Å². The molecule has 2 rings (SSSR count). The molecule has 0 aromatic carbocycles. The fourth-order valence-corrected chi connectivity index (χ4v) is 3.21. The molecule has 0 radical (unpaired) electrons. The van der Waals surface area contributed by atoms with E-state index < -0.39 is 0 Å². The van der Waals surface area contributed by atoms with Gasteiger partial charge in [0, 0.05) is 32.2 Å². The first-order chi connectivity index (χ1) is 9.24. The summed E-state index contributed by atoms with van der Waals surface area (Å²) in [5, 5.41) is 15.5. The average Bonchev–Trinajstić information content (AvgIpc) is 2.87. The van der Waals surface area contributed by atoms with E-state index in [1.54, 1.807) is 0 Å². The maximum atomic E-state index is 11.9. The summed E-state index contributed by atoms with van der Waals surface area (Å²) in [6.07, 6.45) is 5.96. The lowest BCUT2D eigenvalue weighted by Crippen LogP contribution is -2.45. The molecular weight excluding hydrogens is 244 g/mol. The minimum absolute atomic E-state index is 0.0900. The molecule has 2 fully saturated rings. The van der Waals surface area contributed by atoms with Crippen LogP contribution in [0.3, 0.4) is 0 Å². The molecule has 0 aromatic rings. The van der Waals surface area contributed by atoms with E-state index in [2.05, 4.69) is 10.6 Å². The van der Waals surface area contributed by atoms with Gasteiger partial charge in [-0.15, -0.1) is 0 Å². The third kappa shape index (κ3) is 4.44. The normalized spacial score (nSPS) is 26.3. The highest BCUT2D eigenvalue weighted by Crippen LogP contribution is 2.40. The van der Waals surface area contributed by atoms with Crippen molar-refractivity contribution in [3.63, 3.8) is 0 Å². The second-order valence-electron chi connectivity index (χ2n) is 5.89. The van der Waals surface area contributed by atoms with Crippen LogP contribution < -0.4 is 10.6 Å². The lowest BCUT2D eigenvalue weighted by molar-refractivity contribution is -0.122. The van der Waals surface area contributed by atoms with E-state index in [9.17, 15) is 9.90 Å². The van der Waals surface area contributed by atoms with E-state index in [1.807, 2.05) is 0 Å². The van der Waals surface area contributed by atoms with Gasteiger partial charge in [-0.25, -0.2) is 0 Å². The molecule has 1 saturated heterocycles. The van der Waals surface area contributed by atoms with Crippen molar-refractivity contribution in [3.05, 3.63) is 0 Å². The summed E-state index contributed by atoms with van der Waals surface area (Å²) in [6.45, 7) is 3.10. The van der Waals surface area contributed by atoms with Gasteiger partial charge in [-0.05, 0) is 24.7 Å². The molecule has 1 unspecified atom stereocenters. The van der Waals surface area contributed by atoms with E-state index in [0.717, 1.165) is 32.4 Å². The molecule has 5 nitrogen and oxygen atoms in total. The summed E-state index contributed by atoms with van der Waals surface area (Å²) in [5.74, 6) is 0.0900. The molecule has 1 aliphatic carbocycles. The Bertz CT molecular complexity index is 284. The van der Waals surface area contributed by atoms with Gasteiger partial charge in [-0.3, -0.25) is 4.79 Å². The first-order valence-electron chi connectivity index (χ1n) is 7.43. The number of aliphatic hydroxyl groups excluding tert-OH is 1. The first-order valence-corrected chi connectivity index (χ1v) is 7.43. The average molecular weight is 270 g/mol. The molecule has 5 heteroatoms. The molecule has 1 aliphatic heterocycles. The summed E-state index contributed by atoms with van der Waals surface area (Å²) >= 11 is 0. The smallest absolute Gasteiger partial charge is 0.221 e. The van der Waals surface area contributed by atoms with E-state index in [-0.39, 0.29) is 24.0 Å². The molecule has 0 spiro atoms. The number of amides is 1. The van der Waals surface area contributed by atoms with Gasteiger partial charge in [-0.1, -0.05) is 12.8 Å². The molecule has 1 heterocycles. The number of carbonyl (C=O) groups excluding carboxylic acids is 1. The van der Waals surface area contributed by atoms with Gasteiger partial charge < -0.3 is 20.5 Å². The topological polar surface area (TPSA) is 70.6 Å². The van der Waals surface area contributed by atoms with Crippen LogP contribution in [-0.2, 0) is 9.53 Å². The van der Waals surface area contributed by atoms with Crippen molar-refractivity contribution in [1.82, 2.24) is 10.6 Å². The monoisotopic (exact) mass is 270 g/mol. The zero-order valence-electron chi connectivity index (χ0n) is 11.6. The summed E-state index contributed by atoms with van der Waals surface area (Å²) in [6, 6.07) is 0.145. The number of ether oxygens (including phenoxy) is 1. The summed E-state index contributed by atoms with van der Waals surface area (Å²) < 4.78 is 5.34. The SMILES string of the molecule is O=C(CC1COCCN1)NCC1(CCO)CCCC1. The van der Waals surface area contributed by atoms with E-state index in [1.165, 1.54) is 12.8 Å². The predicted octanol–water partition coefficient (Wildman–Crippen LogP) is 0.424. The zero-order valence-corrected chi connectivity index (χ0v) is 11.6. The van der Waals surface area contributed by atoms with Crippen LogP contribution in [0, 0.1) is 5.41 Å². The number of aliphatic hydroxyl groups is 1. The van der Waals surface area contributed by atoms with Gasteiger partial charge >= 0.3 is 0 Å². The Morgan fingerprint density at radius 3 is 2.84 bits per heavy atom. The first kappa shape index (κ1) is 14.8. The predicted molar refractivity (Wildman–Crippen MR) is 72.8 cm³/mol. The van der Waals surface area contributed by atoms with Gasteiger partial charge in [0.25, 0.3) is 0 Å². The van der Waals surface area contributed by atoms with Crippen molar-refractivity contribution < 1.29 is 14.6 Å². The molecule has 19 heavy (non-hydrogen) atoms. The highest BCUT2D eigenvalue weighted by atomic mass is 16.5. The quantitative estimate of drug-likeness (QED) is 0.654. The Labute approximate surface area is 115 Å². The lowest BCUT2D eigenvalue weighted by Gasteiger charge is -2.29. The summed E-state index contributed by atoms with van der Waals surface area (Å²) in [7, 11) is 0. The van der Waals surface area contributed by atoms with Crippen LogP contribution in [0.5, 0.6) is 0 Å². The molecule has 1 atom stereocenters. The Kier molecular flexibility index (Phi) is 5.60. The van der Waals surface area contributed by atoms with Crippen LogP contribution >= 0.6 is 0 Å². The summed E-state index contributed by atoms with van der Waals surface area (Å²) in [5.41, 5.74) is 0.140. The minimum Gasteiger partial charge on any atom is -0.396 e. The number of hydrogen-bond acceptors (Lipinski definition) is 4. The van der Waals surface area contributed by atoms with E-state index in [4.69, 9.17) is 4.74 Å². The minimum atomic E-state index is 0.0900. The zero-order chi connectivity index (χ0) is 13.6. The van der Waals surface area contributed by atoms with Gasteiger partial charge in [0.15, 0.2) is 0 Å². The number of carbonyl (C=O) groups is 1. The second kappa shape index (κ2) is 7.22. The van der Waals surface area contributed by atoms with Crippen LogP contribution in [0.1, 0.15) is 38.5 Å². The van der Waals surface area contributed by atoms with Crippen LogP contribution in [0.2, 0.25) is 0 Å². The van der Waals surface area contributed by atoms with Crippen LogP contribution in [-0.4, -0.2) is 50.0 Å². The fraction of sp³-hybridized carbons (Fsp3) is 0.929. The molecule has 110 valence electrons. The standard InChI is InChI=1S/C14H26N2O3/c17-7-5-14(3-1-2-4-14)11-16-13(18)9-12-10-19-8-6-15-12/h12,15,17H,1-11H2,(H,16,18). The Hall–Kier alpha value is -0.650. The third-order valence-corrected chi connectivity index (χ3v) is 4.40. The highest BCUT2D eigenvalue weighted by Gasteiger charge is 2.33. The fourth-order valence-electron chi connectivity index (χ4n) is 3.21.